The van der Waals surface area contributed by atoms with E-state index in [1.807, 2.05) is 6.08 Å². The molecule has 19 heavy (non-hydrogen) atoms. The van der Waals surface area contributed by atoms with Crippen LogP contribution in [0.4, 0.5) is 0 Å². The van der Waals surface area contributed by atoms with E-state index in [1.165, 1.54) is 22.3 Å². The maximum Gasteiger partial charge on any atom is 0.0117 e. The molecule has 102 valence electrons. The topological polar surface area (TPSA) is 0 Å². The first kappa shape index (κ1) is 15.5. The normalized spacial score (nSPS) is 14.6. The van der Waals surface area contributed by atoms with Crippen LogP contribution in [0.3, 0.4) is 0 Å². The summed E-state index contributed by atoms with van der Waals surface area (Å²) in [5, 5.41) is 0. The minimum absolute atomic E-state index is 0.426. The van der Waals surface area contributed by atoms with Crippen molar-refractivity contribution in [2.45, 2.75) is 40.5 Å². The minimum atomic E-state index is 0.426. The third-order valence-electron chi connectivity index (χ3n) is 3.71. The molecule has 0 bridgehead atoms. The Morgan fingerprint density at radius 1 is 1.21 bits per heavy atom. The number of allylic oxidation sites excluding steroid dienone is 5. The molecule has 1 aromatic carbocycles. The van der Waals surface area contributed by atoms with Crippen molar-refractivity contribution in [2.24, 2.45) is 5.92 Å². The monoisotopic (exact) mass is 254 g/mol. The van der Waals surface area contributed by atoms with Gasteiger partial charge in [-0.1, -0.05) is 68.5 Å². The molecule has 0 saturated heterocycles. The summed E-state index contributed by atoms with van der Waals surface area (Å²) in [7, 11) is 0. The van der Waals surface area contributed by atoms with Gasteiger partial charge in [-0.3, -0.25) is 0 Å². The van der Waals surface area contributed by atoms with E-state index in [2.05, 4.69) is 77.6 Å². The Hall–Kier alpha value is -1.56. The summed E-state index contributed by atoms with van der Waals surface area (Å²) in [6.45, 7) is 14.9. The Kier molecular flexibility index (Phi) is 5.82. The first-order valence-corrected chi connectivity index (χ1v) is 7.04. The molecule has 1 rings (SSSR count). The Bertz CT molecular complexity index is 487. The SMILES string of the molecule is C=C/C=C(\C(C)=C/C)C(c1ccccc1C)C(C)C. The highest BCUT2D eigenvalue weighted by Gasteiger charge is 2.22. The lowest BCUT2D eigenvalue weighted by molar-refractivity contribution is 0.556. The first-order valence-electron chi connectivity index (χ1n) is 7.04. The molecule has 0 saturated carbocycles. The van der Waals surface area contributed by atoms with E-state index in [0.29, 0.717) is 11.8 Å². The smallest absolute Gasteiger partial charge is 0.0117 e. The van der Waals surface area contributed by atoms with Crippen LogP contribution in [0.5, 0.6) is 0 Å². The van der Waals surface area contributed by atoms with Crippen molar-refractivity contribution < 1.29 is 0 Å². The van der Waals surface area contributed by atoms with Gasteiger partial charge in [0, 0.05) is 5.92 Å². The van der Waals surface area contributed by atoms with Crippen LogP contribution in [0.25, 0.3) is 0 Å². The number of benzene rings is 1. The average Bonchev–Trinajstić information content (AvgIpc) is 2.39. The number of rotatable bonds is 5. The molecule has 0 aliphatic heterocycles. The quantitative estimate of drug-likeness (QED) is 0.581. The molecule has 0 heteroatoms. The van der Waals surface area contributed by atoms with Crippen molar-refractivity contribution in [3.8, 4) is 0 Å². The molecule has 0 aromatic heterocycles. The van der Waals surface area contributed by atoms with Gasteiger partial charge in [0.2, 0.25) is 0 Å². The second-order valence-electron chi connectivity index (χ2n) is 5.41. The highest BCUT2D eigenvalue weighted by molar-refractivity contribution is 5.44. The molecule has 1 atom stereocenters. The zero-order chi connectivity index (χ0) is 14.4. The van der Waals surface area contributed by atoms with Crippen molar-refractivity contribution in [1.82, 2.24) is 0 Å². The predicted octanol–water partition coefficient (Wildman–Crippen LogP) is 5.81. The Morgan fingerprint density at radius 2 is 1.84 bits per heavy atom. The third-order valence-corrected chi connectivity index (χ3v) is 3.71. The van der Waals surface area contributed by atoms with Crippen molar-refractivity contribution >= 4 is 0 Å². The molecule has 0 spiro atoms. The van der Waals surface area contributed by atoms with Crippen LogP contribution in [0.2, 0.25) is 0 Å². The van der Waals surface area contributed by atoms with Crippen LogP contribution >= 0.6 is 0 Å². The van der Waals surface area contributed by atoms with E-state index >= 15 is 0 Å². The van der Waals surface area contributed by atoms with Gasteiger partial charge in [-0.15, -0.1) is 0 Å². The maximum absolute atomic E-state index is 3.87. The van der Waals surface area contributed by atoms with Crippen LogP contribution in [0.1, 0.15) is 44.7 Å². The van der Waals surface area contributed by atoms with E-state index in [4.69, 9.17) is 0 Å². The lowest BCUT2D eigenvalue weighted by atomic mass is 9.77. The highest BCUT2D eigenvalue weighted by Crippen LogP contribution is 2.37. The van der Waals surface area contributed by atoms with Crippen LogP contribution in [-0.2, 0) is 0 Å². The number of hydrogen-bond acceptors (Lipinski definition) is 0. The van der Waals surface area contributed by atoms with Gasteiger partial charge in [0.25, 0.3) is 0 Å². The summed E-state index contributed by atoms with van der Waals surface area (Å²) < 4.78 is 0. The number of hydrogen-bond donors (Lipinski definition) is 0. The summed E-state index contributed by atoms with van der Waals surface area (Å²) in [6.07, 6.45) is 6.24. The largest absolute Gasteiger partial charge is 0.0991 e. The third kappa shape index (κ3) is 3.70. The van der Waals surface area contributed by atoms with Gasteiger partial charge in [0.1, 0.15) is 0 Å². The van der Waals surface area contributed by atoms with E-state index in [0.717, 1.165) is 0 Å². The summed E-state index contributed by atoms with van der Waals surface area (Å²) in [5.41, 5.74) is 5.50. The zero-order valence-corrected chi connectivity index (χ0v) is 12.9. The van der Waals surface area contributed by atoms with E-state index in [-0.39, 0.29) is 0 Å². The molecule has 0 aliphatic rings. The van der Waals surface area contributed by atoms with Crippen LogP contribution in [0, 0.1) is 12.8 Å². The molecular weight excluding hydrogens is 228 g/mol. The van der Waals surface area contributed by atoms with Crippen LogP contribution in [0.15, 0.2) is 60.2 Å². The molecule has 0 radical (unpaired) electrons. The maximum atomic E-state index is 3.87. The molecular formula is C19H26. The fourth-order valence-corrected chi connectivity index (χ4v) is 2.60. The lowest BCUT2D eigenvalue weighted by Gasteiger charge is -2.27. The van der Waals surface area contributed by atoms with Gasteiger partial charge < -0.3 is 0 Å². The summed E-state index contributed by atoms with van der Waals surface area (Å²) >= 11 is 0. The summed E-state index contributed by atoms with van der Waals surface area (Å²) in [6, 6.07) is 8.69. The van der Waals surface area contributed by atoms with E-state index in [9.17, 15) is 0 Å². The Morgan fingerprint density at radius 3 is 2.32 bits per heavy atom. The molecule has 0 aliphatic carbocycles. The fourth-order valence-electron chi connectivity index (χ4n) is 2.60. The van der Waals surface area contributed by atoms with Crippen molar-refractivity contribution in [2.75, 3.05) is 0 Å². The van der Waals surface area contributed by atoms with Crippen LogP contribution < -0.4 is 0 Å². The summed E-state index contributed by atoms with van der Waals surface area (Å²) in [5.74, 6) is 0.984. The predicted molar refractivity (Wildman–Crippen MR) is 86.5 cm³/mol. The molecule has 0 fully saturated rings. The fraction of sp³-hybridized carbons (Fsp3) is 0.368. The van der Waals surface area contributed by atoms with Crippen molar-refractivity contribution in [1.29, 1.82) is 0 Å². The molecule has 0 amide bonds. The van der Waals surface area contributed by atoms with Gasteiger partial charge in [0.15, 0.2) is 0 Å². The molecule has 1 aromatic rings. The second-order valence-corrected chi connectivity index (χ2v) is 5.41. The molecule has 1 unspecified atom stereocenters. The van der Waals surface area contributed by atoms with Gasteiger partial charge in [-0.05, 0) is 43.4 Å². The lowest BCUT2D eigenvalue weighted by Crippen LogP contribution is -2.12. The Labute approximate surface area is 118 Å². The minimum Gasteiger partial charge on any atom is -0.0991 e. The van der Waals surface area contributed by atoms with Gasteiger partial charge in [-0.25, -0.2) is 0 Å². The number of aryl methyl sites for hydroxylation is 1. The highest BCUT2D eigenvalue weighted by atomic mass is 14.3. The van der Waals surface area contributed by atoms with Crippen molar-refractivity contribution in [3.63, 3.8) is 0 Å². The Balaban J connectivity index is 3.39. The first-order chi connectivity index (χ1) is 9.02. The zero-order valence-electron chi connectivity index (χ0n) is 12.9. The standard InChI is InChI=1S/C19H26/c1-7-11-17(15(5)8-2)19(14(3)4)18-13-10-9-12-16(18)6/h7-14,19H,1H2,2-6H3/b15-8-,17-11+. The van der Waals surface area contributed by atoms with Crippen molar-refractivity contribution in [3.05, 3.63) is 71.3 Å². The van der Waals surface area contributed by atoms with E-state index < -0.39 is 0 Å². The molecule has 0 N–H and O–H groups in total. The second kappa shape index (κ2) is 7.13. The van der Waals surface area contributed by atoms with Gasteiger partial charge in [0.05, 0.1) is 0 Å². The summed E-state index contributed by atoms with van der Waals surface area (Å²) in [4.78, 5) is 0. The van der Waals surface area contributed by atoms with Gasteiger partial charge >= 0.3 is 0 Å². The van der Waals surface area contributed by atoms with Gasteiger partial charge in [-0.2, -0.15) is 0 Å². The van der Waals surface area contributed by atoms with Crippen LogP contribution in [-0.4, -0.2) is 0 Å². The average molecular weight is 254 g/mol. The molecule has 0 heterocycles. The molecule has 0 nitrogen and oxygen atoms in total. The van der Waals surface area contributed by atoms with E-state index in [1.54, 1.807) is 0 Å².